The van der Waals surface area contributed by atoms with Gasteiger partial charge in [-0.1, -0.05) is 24.3 Å². The van der Waals surface area contributed by atoms with Gasteiger partial charge in [0.25, 0.3) is 0 Å². The zero-order valence-corrected chi connectivity index (χ0v) is 11.5. The minimum absolute atomic E-state index is 0.107. The molecule has 0 aliphatic carbocycles. The summed E-state index contributed by atoms with van der Waals surface area (Å²) in [6.07, 6.45) is 0. The van der Waals surface area contributed by atoms with Gasteiger partial charge in [-0.25, -0.2) is 0 Å². The Balaban J connectivity index is 1.99. The highest BCUT2D eigenvalue weighted by molar-refractivity contribution is 7.84. The molecule has 3 aromatic rings. The number of furan rings is 1. The van der Waals surface area contributed by atoms with Crippen molar-refractivity contribution in [1.82, 2.24) is 0 Å². The molecule has 1 heterocycles. The maximum atomic E-state index is 11.7. The van der Waals surface area contributed by atoms with Crippen LogP contribution in [0.1, 0.15) is 5.56 Å². The van der Waals surface area contributed by atoms with E-state index in [1.165, 1.54) is 0 Å². The molecule has 5 heteroatoms. The largest absolute Gasteiger partial charge is 0.456 e. The molecule has 0 saturated carbocycles. The average molecular weight is 287 g/mol. The number of benzene rings is 2. The third-order valence-corrected chi connectivity index (χ3v) is 4.33. The van der Waals surface area contributed by atoms with Gasteiger partial charge in [0.2, 0.25) is 5.91 Å². The predicted octanol–water partition coefficient (Wildman–Crippen LogP) is 2.32. The van der Waals surface area contributed by atoms with Crippen LogP contribution in [0, 0.1) is 0 Å². The van der Waals surface area contributed by atoms with Gasteiger partial charge in [0, 0.05) is 27.3 Å². The van der Waals surface area contributed by atoms with Crippen LogP contribution in [0.3, 0.4) is 0 Å². The summed E-state index contributed by atoms with van der Waals surface area (Å²) < 4.78 is 17.5. The summed E-state index contributed by atoms with van der Waals surface area (Å²) in [5.74, 6) is -0.332. The molecule has 1 unspecified atom stereocenters. The monoisotopic (exact) mass is 287 g/mol. The summed E-state index contributed by atoms with van der Waals surface area (Å²) in [5.41, 5.74) is 7.59. The number of carbonyl (C=O) groups is 1. The fraction of sp³-hybridized carbons (Fsp3) is 0.133. The van der Waals surface area contributed by atoms with Gasteiger partial charge in [-0.2, -0.15) is 0 Å². The summed E-state index contributed by atoms with van der Waals surface area (Å²) in [7, 11) is -1.27. The zero-order valence-electron chi connectivity index (χ0n) is 10.7. The highest BCUT2D eigenvalue weighted by atomic mass is 32.2. The lowest BCUT2D eigenvalue weighted by Crippen LogP contribution is -2.20. The number of fused-ring (bicyclic) bond motifs is 3. The van der Waals surface area contributed by atoms with Crippen molar-refractivity contribution in [3.63, 3.8) is 0 Å². The fourth-order valence-corrected chi connectivity index (χ4v) is 3.23. The lowest BCUT2D eigenvalue weighted by atomic mass is 10.1. The number of para-hydroxylation sites is 1. The van der Waals surface area contributed by atoms with Gasteiger partial charge in [-0.3, -0.25) is 9.00 Å². The standard InChI is InChI=1S/C15H13NO3S/c16-15(17)9-20(18)8-10-5-6-14-12(7-10)11-3-1-2-4-13(11)19-14/h1-7H,8-9H2,(H2,16,17). The third kappa shape index (κ3) is 2.44. The predicted molar refractivity (Wildman–Crippen MR) is 79.6 cm³/mol. The molecule has 0 aliphatic rings. The molecule has 2 N–H and O–H groups in total. The van der Waals surface area contributed by atoms with Crippen LogP contribution < -0.4 is 5.73 Å². The Morgan fingerprint density at radius 2 is 1.85 bits per heavy atom. The maximum absolute atomic E-state index is 11.7. The second-order valence-corrected chi connectivity index (χ2v) is 6.08. The molecular weight excluding hydrogens is 274 g/mol. The highest BCUT2D eigenvalue weighted by Crippen LogP contribution is 2.29. The number of carbonyl (C=O) groups excluding carboxylic acids is 1. The lowest BCUT2D eigenvalue weighted by Gasteiger charge is -2.00. The smallest absolute Gasteiger partial charge is 0.230 e. The van der Waals surface area contributed by atoms with Crippen molar-refractivity contribution in [3.8, 4) is 0 Å². The van der Waals surface area contributed by atoms with Gasteiger partial charge in [-0.15, -0.1) is 0 Å². The molecule has 102 valence electrons. The molecule has 0 saturated heterocycles. The normalized spacial score (nSPS) is 12.8. The highest BCUT2D eigenvalue weighted by Gasteiger charge is 2.09. The molecule has 3 rings (SSSR count). The van der Waals surface area contributed by atoms with Crippen LogP contribution in [0.25, 0.3) is 21.9 Å². The minimum Gasteiger partial charge on any atom is -0.456 e. The Kier molecular flexibility index (Phi) is 3.28. The van der Waals surface area contributed by atoms with E-state index in [1.54, 1.807) is 0 Å². The molecule has 4 nitrogen and oxygen atoms in total. The first-order valence-corrected chi connectivity index (χ1v) is 7.66. The number of amides is 1. The molecule has 1 atom stereocenters. The van der Waals surface area contributed by atoms with E-state index in [2.05, 4.69) is 0 Å². The van der Waals surface area contributed by atoms with E-state index < -0.39 is 16.7 Å². The fourth-order valence-electron chi connectivity index (χ4n) is 2.26. The minimum atomic E-state index is -1.27. The van der Waals surface area contributed by atoms with Gasteiger partial charge < -0.3 is 10.2 Å². The Morgan fingerprint density at radius 1 is 1.10 bits per heavy atom. The summed E-state index contributed by atoms with van der Waals surface area (Å²) in [4.78, 5) is 10.8. The van der Waals surface area contributed by atoms with Crippen LogP contribution in [-0.4, -0.2) is 15.9 Å². The molecule has 0 spiro atoms. The molecular formula is C15H13NO3S. The Hall–Kier alpha value is -2.14. The molecule has 20 heavy (non-hydrogen) atoms. The van der Waals surface area contributed by atoms with Crippen LogP contribution >= 0.6 is 0 Å². The van der Waals surface area contributed by atoms with Gasteiger partial charge in [0.15, 0.2) is 0 Å². The molecule has 2 aromatic carbocycles. The number of nitrogens with two attached hydrogens (primary N) is 1. The van der Waals surface area contributed by atoms with Gasteiger partial charge in [0.05, 0.1) is 0 Å². The van der Waals surface area contributed by atoms with Crippen molar-refractivity contribution in [1.29, 1.82) is 0 Å². The van der Waals surface area contributed by atoms with Crippen molar-refractivity contribution in [2.75, 3.05) is 5.75 Å². The topological polar surface area (TPSA) is 73.3 Å². The van der Waals surface area contributed by atoms with Crippen molar-refractivity contribution in [2.45, 2.75) is 5.75 Å². The van der Waals surface area contributed by atoms with Gasteiger partial charge in [-0.05, 0) is 23.8 Å². The van der Waals surface area contributed by atoms with E-state index in [1.807, 2.05) is 42.5 Å². The first-order chi connectivity index (χ1) is 9.63. The van der Waals surface area contributed by atoms with Crippen molar-refractivity contribution < 1.29 is 13.4 Å². The lowest BCUT2D eigenvalue weighted by molar-refractivity contribution is -0.115. The van der Waals surface area contributed by atoms with Crippen LogP contribution in [0.5, 0.6) is 0 Å². The first kappa shape index (κ1) is 12.9. The van der Waals surface area contributed by atoms with Crippen LogP contribution in [-0.2, 0) is 21.3 Å². The summed E-state index contributed by atoms with van der Waals surface area (Å²) in [6.45, 7) is 0. The number of hydrogen-bond acceptors (Lipinski definition) is 3. The van der Waals surface area contributed by atoms with Crippen molar-refractivity contribution in [3.05, 3.63) is 48.0 Å². The van der Waals surface area contributed by atoms with Crippen molar-refractivity contribution >= 4 is 38.6 Å². The van der Waals surface area contributed by atoms with E-state index in [0.717, 1.165) is 27.5 Å². The summed E-state index contributed by atoms with van der Waals surface area (Å²) in [6, 6.07) is 13.5. The summed E-state index contributed by atoms with van der Waals surface area (Å²) in [5, 5.41) is 2.03. The van der Waals surface area contributed by atoms with Crippen LogP contribution in [0.4, 0.5) is 0 Å². The summed E-state index contributed by atoms with van der Waals surface area (Å²) >= 11 is 0. The first-order valence-electron chi connectivity index (χ1n) is 6.17. The van der Waals surface area contributed by atoms with Gasteiger partial charge >= 0.3 is 0 Å². The van der Waals surface area contributed by atoms with Gasteiger partial charge in [0.1, 0.15) is 16.9 Å². The Bertz CT molecular complexity index is 822. The number of rotatable bonds is 4. The second-order valence-electron chi connectivity index (χ2n) is 4.62. The van der Waals surface area contributed by atoms with E-state index in [0.29, 0.717) is 5.75 Å². The van der Waals surface area contributed by atoms with Crippen LogP contribution in [0.15, 0.2) is 46.9 Å². The van der Waals surface area contributed by atoms with E-state index in [4.69, 9.17) is 10.2 Å². The van der Waals surface area contributed by atoms with E-state index >= 15 is 0 Å². The number of primary amides is 1. The van der Waals surface area contributed by atoms with E-state index in [-0.39, 0.29) is 5.75 Å². The SMILES string of the molecule is NC(=O)CS(=O)Cc1ccc2oc3ccccc3c2c1. The molecule has 0 fully saturated rings. The number of hydrogen-bond donors (Lipinski definition) is 1. The molecule has 0 radical (unpaired) electrons. The molecule has 1 amide bonds. The average Bonchev–Trinajstić information content (AvgIpc) is 2.76. The molecule has 0 bridgehead atoms. The third-order valence-electron chi connectivity index (χ3n) is 3.07. The Labute approximate surface area is 118 Å². The van der Waals surface area contributed by atoms with E-state index in [9.17, 15) is 9.00 Å². The zero-order chi connectivity index (χ0) is 14.1. The Morgan fingerprint density at radius 3 is 2.65 bits per heavy atom. The maximum Gasteiger partial charge on any atom is 0.230 e. The molecule has 0 aliphatic heterocycles. The molecule has 1 aromatic heterocycles. The quantitative estimate of drug-likeness (QED) is 0.800. The van der Waals surface area contributed by atoms with Crippen molar-refractivity contribution in [2.24, 2.45) is 5.73 Å². The second kappa shape index (κ2) is 5.09. The van der Waals surface area contributed by atoms with Crippen LogP contribution in [0.2, 0.25) is 0 Å².